The molecule has 8 heteroatoms. The van der Waals surface area contributed by atoms with Gasteiger partial charge in [-0.25, -0.2) is 14.8 Å². The van der Waals surface area contributed by atoms with Gasteiger partial charge in [-0.3, -0.25) is 4.79 Å². The summed E-state index contributed by atoms with van der Waals surface area (Å²) >= 11 is 7.52. The molecule has 1 aliphatic rings. The van der Waals surface area contributed by atoms with Crippen LogP contribution in [0.3, 0.4) is 0 Å². The van der Waals surface area contributed by atoms with E-state index in [1.165, 1.54) is 6.20 Å². The summed E-state index contributed by atoms with van der Waals surface area (Å²) in [5.74, 6) is -0.681. The number of thiophene rings is 1. The molecular formula is C27H22ClN3O3S. The number of carbonyl (C=O) groups excluding carboxylic acids is 2. The molecule has 1 atom stereocenters. The minimum Gasteiger partial charge on any atom is -0.449 e. The average molecular weight is 504 g/mol. The predicted octanol–water partition coefficient (Wildman–Crippen LogP) is 6.41. The summed E-state index contributed by atoms with van der Waals surface area (Å²) in [5.41, 5.74) is 4.01. The van der Waals surface area contributed by atoms with Gasteiger partial charge in [0.2, 0.25) is 0 Å². The van der Waals surface area contributed by atoms with Crippen molar-refractivity contribution >= 4 is 63.2 Å². The van der Waals surface area contributed by atoms with Gasteiger partial charge in [-0.2, -0.15) is 0 Å². The van der Waals surface area contributed by atoms with Crippen LogP contribution in [-0.2, 0) is 16.0 Å². The number of benzene rings is 1. The highest BCUT2D eigenvalue weighted by atomic mass is 35.5. The summed E-state index contributed by atoms with van der Waals surface area (Å²) < 4.78 is 5.66. The van der Waals surface area contributed by atoms with E-state index in [-0.39, 0.29) is 0 Å². The minimum atomic E-state index is -1.02. The Morgan fingerprint density at radius 1 is 1.14 bits per heavy atom. The van der Waals surface area contributed by atoms with Crippen LogP contribution in [0.5, 0.6) is 0 Å². The van der Waals surface area contributed by atoms with Gasteiger partial charge in [0, 0.05) is 16.5 Å². The van der Waals surface area contributed by atoms with Crippen LogP contribution in [0.4, 0.5) is 5.82 Å². The molecular weight excluding hydrogens is 482 g/mol. The average Bonchev–Trinajstić information content (AvgIpc) is 3.37. The van der Waals surface area contributed by atoms with Crippen molar-refractivity contribution in [3.63, 3.8) is 0 Å². The quantitative estimate of drug-likeness (QED) is 0.318. The lowest BCUT2D eigenvalue weighted by Crippen LogP contribution is -2.31. The summed E-state index contributed by atoms with van der Waals surface area (Å²) in [6.07, 6.45) is 5.07. The van der Waals surface area contributed by atoms with E-state index in [0.717, 1.165) is 45.5 Å². The lowest BCUT2D eigenvalue weighted by molar-refractivity contribution is -0.123. The summed E-state index contributed by atoms with van der Waals surface area (Å²) in [5, 5.41) is 5.88. The van der Waals surface area contributed by atoms with Crippen molar-refractivity contribution in [3.05, 3.63) is 86.8 Å². The number of rotatable bonds is 5. The van der Waals surface area contributed by atoms with E-state index >= 15 is 0 Å². The lowest BCUT2D eigenvalue weighted by atomic mass is 9.86. The summed E-state index contributed by atoms with van der Waals surface area (Å²) in [6.45, 7) is 1.54. The molecule has 1 aliphatic carbocycles. The van der Waals surface area contributed by atoms with Gasteiger partial charge in [0.05, 0.1) is 21.8 Å². The second kappa shape index (κ2) is 9.98. The first-order valence-electron chi connectivity index (χ1n) is 11.3. The summed E-state index contributed by atoms with van der Waals surface area (Å²) in [7, 11) is 0. The number of hydrogen-bond donors (Lipinski definition) is 1. The Hall–Kier alpha value is -3.55. The molecule has 176 valence electrons. The van der Waals surface area contributed by atoms with Crippen molar-refractivity contribution in [3.8, 4) is 0 Å². The number of pyridine rings is 2. The zero-order valence-electron chi connectivity index (χ0n) is 19.0. The second-order valence-electron chi connectivity index (χ2n) is 8.27. The van der Waals surface area contributed by atoms with Crippen molar-refractivity contribution in [1.29, 1.82) is 0 Å². The molecule has 3 heterocycles. The van der Waals surface area contributed by atoms with E-state index in [0.29, 0.717) is 22.8 Å². The number of halogens is 1. The number of amides is 1. The number of hydrogen-bond acceptors (Lipinski definition) is 6. The molecule has 0 spiro atoms. The highest BCUT2D eigenvalue weighted by molar-refractivity contribution is 7.10. The van der Waals surface area contributed by atoms with Gasteiger partial charge < -0.3 is 10.1 Å². The van der Waals surface area contributed by atoms with Crippen LogP contribution < -0.4 is 5.32 Å². The maximum atomic E-state index is 13.5. The van der Waals surface area contributed by atoms with Gasteiger partial charge in [-0.05, 0) is 73.0 Å². The Morgan fingerprint density at radius 2 is 2.00 bits per heavy atom. The Balaban J connectivity index is 1.48. The van der Waals surface area contributed by atoms with Gasteiger partial charge in [0.1, 0.15) is 5.82 Å². The Bertz CT molecular complexity index is 1430. The fraction of sp³-hybridized carbons (Fsp3) is 0.185. The highest BCUT2D eigenvalue weighted by Gasteiger charge is 2.28. The third kappa shape index (κ3) is 4.97. The summed E-state index contributed by atoms with van der Waals surface area (Å²) in [4.78, 5) is 36.3. The largest absolute Gasteiger partial charge is 0.449 e. The van der Waals surface area contributed by atoms with Crippen LogP contribution in [0.25, 0.3) is 22.6 Å². The number of ether oxygens (including phenoxy) is 1. The van der Waals surface area contributed by atoms with Gasteiger partial charge in [-0.15, -0.1) is 11.3 Å². The normalized spacial score (nSPS) is 15.0. The zero-order chi connectivity index (χ0) is 24.4. The van der Waals surface area contributed by atoms with Crippen molar-refractivity contribution in [2.75, 3.05) is 5.32 Å². The SMILES string of the molecule is C[C@@H](OC(=O)c1c2c(nc3ccccc13)/C(=C\c1cccs1)CCC2)C(=O)Nc1ccc(Cl)cn1. The molecule has 1 amide bonds. The van der Waals surface area contributed by atoms with Crippen LogP contribution >= 0.6 is 22.9 Å². The number of nitrogens with one attached hydrogen (secondary N) is 1. The van der Waals surface area contributed by atoms with Gasteiger partial charge in [0.25, 0.3) is 5.91 Å². The first kappa shape index (κ1) is 23.2. The number of esters is 1. The first-order valence-corrected chi connectivity index (χ1v) is 12.5. The number of aromatic nitrogens is 2. The van der Waals surface area contributed by atoms with Crippen molar-refractivity contribution in [1.82, 2.24) is 9.97 Å². The predicted molar refractivity (Wildman–Crippen MR) is 140 cm³/mol. The van der Waals surface area contributed by atoms with E-state index < -0.39 is 18.0 Å². The van der Waals surface area contributed by atoms with Crippen molar-refractivity contribution < 1.29 is 14.3 Å². The fourth-order valence-electron chi connectivity index (χ4n) is 4.20. The second-order valence-corrected chi connectivity index (χ2v) is 9.68. The number of nitrogens with zero attached hydrogens (tertiary/aromatic N) is 2. The molecule has 4 aromatic rings. The van der Waals surface area contributed by atoms with Crippen LogP contribution in [0, 0.1) is 0 Å². The molecule has 0 bridgehead atoms. The van der Waals surface area contributed by atoms with Crippen LogP contribution in [-0.4, -0.2) is 27.9 Å². The molecule has 0 radical (unpaired) electrons. The number of fused-ring (bicyclic) bond motifs is 2. The third-order valence-corrected chi connectivity index (χ3v) is 6.91. The van der Waals surface area contributed by atoms with Gasteiger partial charge >= 0.3 is 5.97 Å². The molecule has 0 saturated heterocycles. The Kier molecular flexibility index (Phi) is 6.61. The molecule has 0 fully saturated rings. The number of anilines is 1. The summed E-state index contributed by atoms with van der Waals surface area (Å²) in [6, 6.07) is 14.8. The molecule has 0 saturated carbocycles. The molecule has 6 nitrogen and oxygen atoms in total. The third-order valence-electron chi connectivity index (χ3n) is 5.87. The number of para-hydroxylation sites is 1. The molecule has 35 heavy (non-hydrogen) atoms. The topological polar surface area (TPSA) is 81.2 Å². The van der Waals surface area contributed by atoms with E-state index in [4.69, 9.17) is 21.3 Å². The van der Waals surface area contributed by atoms with Crippen LogP contribution in [0.15, 0.2) is 60.1 Å². The monoisotopic (exact) mass is 503 g/mol. The molecule has 3 aromatic heterocycles. The molecule has 0 aliphatic heterocycles. The zero-order valence-corrected chi connectivity index (χ0v) is 20.5. The van der Waals surface area contributed by atoms with E-state index in [2.05, 4.69) is 22.4 Å². The number of allylic oxidation sites excluding steroid dienone is 1. The molecule has 1 aromatic carbocycles. The highest BCUT2D eigenvalue weighted by Crippen LogP contribution is 2.37. The number of carbonyl (C=O) groups is 2. The van der Waals surface area contributed by atoms with E-state index in [1.807, 2.05) is 35.7 Å². The van der Waals surface area contributed by atoms with Crippen molar-refractivity contribution in [2.45, 2.75) is 32.3 Å². The minimum absolute atomic E-state index is 0.331. The maximum absolute atomic E-state index is 13.5. The molecule has 5 rings (SSSR count). The Labute approximate surface area is 211 Å². The van der Waals surface area contributed by atoms with Crippen molar-refractivity contribution in [2.24, 2.45) is 0 Å². The van der Waals surface area contributed by atoms with E-state index in [9.17, 15) is 9.59 Å². The van der Waals surface area contributed by atoms with E-state index in [1.54, 1.807) is 30.4 Å². The molecule has 1 N–H and O–H groups in total. The van der Waals surface area contributed by atoms with Gasteiger partial charge in [0.15, 0.2) is 6.10 Å². The smallest absolute Gasteiger partial charge is 0.339 e. The Morgan fingerprint density at radius 3 is 2.77 bits per heavy atom. The fourth-order valence-corrected chi connectivity index (χ4v) is 5.00. The molecule has 0 unspecified atom stereocenters. The van der Waals surface area contributed by atoms with Crippen LogP contribution in [0.2, 0.25) is 5.02 Å². The lowest BCUT2D eigenvalue weighted by Gasteiger charge is -2.23. The standard InChI is InChI=1S/C27H22ClN3O3S/c1-16(26(32)31-23-12-11-18(28)15-29-23)34-27(33)24-20-8-2-3-10-22(20)30-25-17(6-4-9-21(24)25)14-19-7-5-13-35-19/h2-3,5,7-8,10-16H,4,6,9H2,1H3,(H,29,31,32)/b17-14-/t16-/m1/s1. The van der Waals surface area contributed by atoms with Gasteiger partial charge in [-0.1, -0.05) is 35.9 Å². The maximum Gasteiger partial charge on any atom is 0.339 e. The van der Waals surface area contributed by atoms with Crippen LogP contribution in [0.1, 0.15) is 46.3 Å². The first-order chi connectivity index (χ1) is 17.0.